The number of amides is 9. The Morgan fingerprint density at radius 2 is 1.10 bits per heavy atom. The molecule has 26 nitrogen and oxygen atoms in total. The molecule has 0 radical (unpaired) electrons. The van der Waals surface area contributed by atoms with Crippen molar-refractivity contribution in [2.75, 3.05) is 56.4 Å². The zero-order chi connectivity index (χ0) is 52.8. The van der Waals surface area contributed by atoms with E-state index in [9.17, 15) is 63.3 Å². The lowest BCUT2D eigenvalue weighted by Crippen LogP contribution is -2.62. The zero-order valence-electron chi connectivity index (χ0n) is 39.8. The van der Waals surface area contributed by atoms with Crippen LogP contribution in [0, 0.1) is 5.92 Å². The highest BCUT2D eigenvalue weighted by Crippen LogP contribution is 2.22. The molecule has 29 heteroatoms. The van der Waals surface area contributed by atoms with E-state index in [1.54, 1.807) is 20.1 Å². The maximum Gasteiger partial charge on any atom is 0.327 e. The van der Waals surface area contributed by atoms with E-state index in [4.69, 9.17) is 17.2 Å². The van der Waals surface area contributed by atoms with E-state index in [-0.39, 0.29) is 69.2 Å². The van der Waals surface area contributed by atoms with E-state index in [1.165, 1.54) is 28.5 Å². The van der Waals surface area contributed by atoms with Crippen molar-refractivity contribution in [3.05, 3.63) is 0 Å². The topological polar surface area (TPSA) is 412 Å². The van der Waals surface area contributed by atoms with Gasteiger partial charge in [0.1, 0.15) is 54.4 Å². The van der Waals surface area contributed by atoms with Crippen LogP contribution >= 0.6 is 37.0 Å². The summed E-state index contributed by atoms with van der Waals surface area (Å²) < 4.78 is 0. The maximum atomic E-state index is 14.1. The van der Waals surface area contributed by atoms with Crippen LogP contribution in [-0.4, -0.2) is 207 Å². The lowest BCUT2D eigenvalue weighted by molar-refractivity contribution is -0.143. The molecule has 0 spiro atoms. The fourth-order valence-electron chi connectivity index (χ4n) is 7.47. The van der Waals surface area contributed by atoms with Crippen molar-refractivity contribution in [3.8, 4) is 0 Å². The van der Waals surface area contributed by atoms with Crippen LogP contribution in [0.4, 0.5) is 0 Å². The number of thiol groups is 2. The fraction of sp³-hybridized carbons (Fsp3) is 0.732. The summed E-state index contributed by atoms with van der Waals surface area (Å²) in [6.45, 7) is 3.04. The van der Waals surface area contributed by atoms with Crippen molar-refractivity contribution < 1.29 is 63.3 Å². The number of likely N-dealkylation sites (tertiary alicyclic amines) is 2. The quantitative estimate of drug-likeness (QED) is 0.0144. The molecule has 0 aliphatic carbocycles. The molecule has 2 aliphatic rings. The second kappa shape index (κ2) is 30.6. The Morgan fingerprint density at radius 3 is 1.56 bits per heavy atom. The molecule has 396 valence electrons. The molecular formula is C41H71N13O13S3. The van der Waals surface area contributed by atoms with Gasteiger partial charge in [-0.25, -0.2) is 4.79 Å². The van der Waals surface area contributed by atoms with Crippen LogP contribution in [-0.2, 0) is 47.9 Å². The van der Waals surface area contributed by atoms with Crippen molar-refractivity contribution in [1.29, 1.82) is 0 Å². The first-order valence-electron chi connectivity index (χ1n) is 22.8. The van der Waals surface area contributed by atoms with E-state index in [2.05, 4.69) is 67.5 Å². The molecule has 10 atom stereocenters. The van der Waals surface area contributed by atoms with Gasteiger partial charge in [-0.3, -0.25) is 48.1 Å². The molecular weight excluding hydrogens is 979 g/mol. The number of thioether (sulfide) groups is 1. The summed E-state index contributed by atoms with van der Waals surface area (Å²) in [5, 5.41) is 47.1. The van der Waals surface area contributed by atoms with E-state index in [0.29, 0.717) is 18.6 Å². The average molecular weight is 1050 g/mol. The smallest absolute Gasteiger partial charge is 0.327 e. The standard InChI is InChI=1S/C41H71N13O13S3/c1-20(2)30(52-36(62)29-10-7-14-54(29)39(65)26(18-68)50-31(57)21(3)42)37(63)49-25(17-56)34(60)48-24(16-55)33(59)47-23(11-15-70-4)38(64)53-13-6-9-28(53)35(61)46-22(8-5-12-45-41(43)44)32(58)51-27(19-69)40(66)67/h20-30,55-56,68-69H,5-19,42H2,1-4H3,(H,46,61)(H,47,59)(H,48,60)(H,49,63)(H,50,57)(H,51,58)(H,52,62)(H,66,67)(H4,43,44,45)/t21-,22-,23-,24-,25-,26-,27-,28-,29-,30-/m0/s1. The van der Waals surface area contributed by atoms with Crippen LogP contribution in [0.2, 0.25) is 0 Å². The number of carbonyl (C=O) groups excluding carboxylic acids is 9. The molecule has 0 unspecified atom stereocenters. The SMILES string of the molecule is CSCC[C@H](NC(=O)[C@H](CO)NC(=O)[C@H](CO)NC(=O)[C@@H](NC(=O)[C@@H]1CCCN1C(=O)[C@H](CS)NC(=O)[C@H](C)N)C(C)C)C(=O)N1CCC[C@H]1C(=O)N[C@@H](CCCN=C(N)N)C(=O)N[C@@H](CS)C(=O)O. The molecule has 9 amide bonds. The molecule has 2 aliphatic heterocycles. The number of rotatable bonds is 29. The Bertz CT molecular complexity index is 1880. The van der Waals surface area contributed by atoms with Crippen LogP contribution in [0.5, 0.6) is 0 Å². The third-order valence-electron chi connectivity index (χ3n) is 11.4. The molecule has 0 aromatic carbocycles. The Labute approximate surface area is 421 Å². The van der Waals surface area contributed by atoms with Crippen LogP contribution in [0.25, 0.3) is 0 Å². The average Bonchev–Trinajstić information content (AvgIpc) is 4.02. The van der Waals surface area contributed by atoms with Gasteiger partial charge in [-0.2, -0.15) is 37.0 Å². The Balaban J connectivity index is 2.19. The number of hydrogen-bond acceptors (Lipinski definition) is 17. The summed E-state index contributed by atoms with van der Waals surface area (Å²) in [4.78, 5) is 139. The molecule has 16 N–H and O–H groups in total. The Kier molecular flexibility index (Phi) is 26.7. The summed E-state index contributed by atoms with van der Waals surface area (Å²) in [5.74, 6) is -9.21. The van der Waals surface area contributed by atoms with Gasteiger partial charge in [0.15, 0.2) is 5.96 Å². The molecule has 0 saturated carbocycles. The summed E-state index contributed by atoms with van der Waals surface area (Å²) in [5.41, 5.74) is 16.4. The number of aliphatic imine (C=N–C) groups is 1. The molecule has 0 aromatic heterocycles. The largest absolute Gasteiger partial charge is 0.480 e. The Morgan fingerprint density at radius 1 is 0.643 bits per heavy atom. The number of carboxylic acid groups (broad SMARTS) is 1. The summed E-state index contributed by atoms with van der Waals surface area (Å²) >= 11 is 9.49. The second-order valence-electron chi connectivity index (χ2n) is 17.1. The minimum Gasteiger partial charge on any atom is -0.480 e. The number of carbonyl (C=O) groups is 10. The number of aliphatic carboxylic acids is 1. The fourth-order valence-corrected chi connectivity index (χ4v) is 8.43. The molecule has 2 saturated heterocycles. The van der Waals surface area contributed by atoms with Gasteiger partial charge in [0, 0.05) is 31.1 Å². The summed E-state index contributed by atoms with van der Waals surface area (Å²) in [6.07, 6.45) is 3.22. The Hall–Kier alpha value is -5.10. The number of nitrogens with two attached hydrogens (primary N) is 3. The normalized spacial score (nSPS) is 18.9. The first-order chi connectivity index (χ1) is 33.1. The highest BCUT2D eigenvalue weighted by atomic mass is 32.2. The predicted molar refractivity (Wildman–Crippen MR) is 264 cm³/mol. The van der Waals surface area contributed by atoms with E-state index < -0.39 is 139 Å². The minimum atomic E-state index is -1.71. The van der Waals surface area contributed by atoms with E-state index >= 15 is 0 Å². The summed E-state index contributed by atoms with van der Waals surface area (Å²) in [6, 6.07) is -12.7. The third-order valence-corrected chi connectivity index (χ3v) is 12.7. The summed E-state index contributed by atoms with van der Waals surface area (Å²) in [7, 11) is 0. The van der Waals surface area contributed by atoms with Gasteiger partial charge in [-0.1, -0.05) is 13.8 Å². The first-order valence-corrected chi connectivity index (χ1v) is 25.4. The van der Waals surface area contributed by atoms with Crippen LogP contribution in [0.3, 0.4) is 0 Å². The van der Waals surface area contributed by atoms with Crippen molar-refractivity contribution in [2.24, 2.45) is 28.1 Å². The van der Waals surface area contributed by atoms with Gasteiger partial charge in [-0.15, -0.1) is 0 Å². The van der Waals surface area contributed by atoms with Gasteiger partial charge in [0.2, 0.25) is 53.2 Å². The van der Waals surface area contributed by atoms with Gasteiger partial charge in [0.25, 0.3) is 0 Å². The predicted octanol–water partition coefficient (Wildman–Crippen LogP) is -5.90. The number of hydrogen-bond donors (Lipinski definition) is 15. The van der Waals surface area contributed by atoms with E-state index in [0.717, 1.165) is 0 Å². The number of nitrogens with one attached hydrogen (secondary N) is 7. The van der Waals surface area contributed by atoms with Crippen LogP contribution in [0.1, 0.15) is 65.7 Å². The highest BCUT2D eigenvalue weighted by molar-refractivity contribution is 7.98. The molecule has 2 heterocycles. The van der Waals surface area contributed by atoms with Crippen LogP contribution < -0.4 is 54.4 Å². The van der Waals surface area contributed by atoms with Crippen molar-refractivity contribution in [2.45, 2.75) is 126 Å². The number of nitrogens with zero attached hydrogens (tertiary/aromatic N) is 3. The second-order valence-corrected chi connectivity index (χ2v) is 18.8. The number of aliphatic hydroxyl groups excluding tert-OH is 2. The lowest BCUT2D eigenvalue weighted by atomic mass is 10.0. The monoisotopic (exact) mass is 1050 g/mol. The zero-order valence-corrected chi connectivity index (χ0v) is 42.4. The number of aliphatic hydroxyl groups is 2. The van der Waals surface area contributed by atoms with Gasteiger partial charge in [0.05, 0.1) is 19.3 Å². The lowest BCUT2D eigenvalue weighted by Gasteiger charge is -2.31. The van der Waals surface area contributed by atoms with Crippen molar-refractivity contribution >= 4 is 102 Å². The van der Waals surface area contributed by atoms with E-state index in [1.807, 2.05) is 0 Å². The first kappa shape index (κ1) is 61.0. The van der Waals surface area contributed by atoms with Gasteiger partial charge in [-0.05, 0) is 69.8 Å². The number of guanidine groups is 1. The maximum absolute atomic E-state index is 14.1. The van der Waals surface area contributed by atoms with Gasteiger partial charge < -0.3 is 79.5 Å². The van der Waals surface area contributed by atoms with Gasteiger partial charge >= 0.3 is 5.97 Å². The van der Waals surface area contributed by atoms with Crippen molar-refractivity contribution in [3.63, 3.8) is 0 Å². The highest BCUT2D eigenvalue weighted by Gasteiger charge is 2.42. The van der Waals surface area contributed by atoms with Crippen LogP contribution in [0.15, 0.2) is 4.99 Å². The van der Waals surface area contributed by atoms with Crippen molar-refractivity contribution in [1.82, 2.24) is 47.0 Å². The molecule has 0 bridgehead atoms. The molecule has 2 rings (SSSR count). The minimum absolute atomic E-state index is 0.00976. The molecule has 2 fully saturated rings. The number of carboxylic acids is 1. The third kappa shape index (κ3) is 18.6. The molecule has 70 heavy (non-hydrogen) atoms. The molecule has 0 aromatic rings.